The second-order valence-corrected chi connectivity index (χ2v) is 5.47. The molecule has 1 fully saturated rings. The number of methoxy groups -OCH3 is 1. The summed E-state index contributed by atoms with van der Waals surface area (Å²) in [6.45, 7) is 3.85. The molecule has 4 nitrogen and oxygen atoms in total. The van der Waals surface area contributed by atoms with Crippen LogP contribution in [0.5, 0.6) is 5.75 Å². The molecular weight excluding hydrogens is 252 g/mol. The van der Waals surface area contributed by atoms with Gasteiger partial charge in [0.15, 0.2) is 0 Å². The Morgan fingerprint density at radius 3 is 2.95 bits per heavy atom. The third kappa shape index (κ3) is 2.20. The molecule has 0 amide bonds. The fraction of sp³-hybridized carbons (Fsp3) is 0.438. The van der Waals surface area contributed by atoms with E-state index in [0.29, 0.717) is 0 Å². The molecule has 0 spiro atoms. The highest BCUT2D eigenvalue weighted by Crippen LogP contribution is 2.33. The SMILES string of the molecule is COc1cccc2c(N3CCC(O)C(C)C3)ccnc12. The molecule has 1 aromatic carbocycles. The number of hydrogen-bond donors (Lipinski definition) is 1. The van der Waals surface area contributed by atoms with Crippen molar-refractivity contribution in [3.63, 3.8) is 0 Å². The van der Waals surface area contributed by atoms with Crippen molar-refractivity contribution >= 4 is 16.6 Å². The van der Waals surface area contributed by atoms with E-state index in [1.54, 1.807) is 7.11 Å². The number of aromatic nitrogens is 1. The summed E-state index contributed by atoms with van der Waals surface area (Å²) in [7, 11) is 1.67. The van der Waals surface area contributed by atoms with E-state index in [0.717, 1.165) is 36.2 Å². The first-order valence-electron chi connectivity index (χ1n) is 7.05. The highest BCUT2D eigenvalue weighted by Gasteiger charge is 2.25. The number of aliphatic hydroxyl groups is 1. The predicted molar refractivity (Wildman–Crippen MR) is 80.3 cm³/mol. The lowest BCUT2D eigenvalue weighted by molar-refractivity contribution is 0.0971. The minimum absolute atomic E-state index is 0.186. The van der Waals surface area contributed by atoms with Gasteiger partial charge in [0, 0.05) is 30.4 Å². The van der Waals surface area contributed by atoms with Crippen molar-refractivity contribution in [3.05, 3.63) is 30.5 Å². The second-order valence-electron chi connectivity index (χ2n) is 5.47. The van der Waals surface area contributed by atoms with E-state index in [1.165, 1.54) is 5.69 Å². The lowest BCUT2D eigenvalue weighted by Gasteiger charge is -2.36. The van der Waals surface area contributed by atoms with Gasteiger partial charge in [-0.15, -0.1) is 0 Å². The Morgan fingerprint density at radius 1 is 1.35 bits per heavy atom. The molecule has 1 saturated heterocycles. The van der Waals surface area contributed by atoms with Gasteiger partial charge in [-0.1, -0.05) is 19.1 Å². The van der Waals surface area contributed by atoms with Crippen LogP contribution in [0.25, 0.3) is 10.9 Å². The van der Waals surface area contributed by atoms with Gasteiger partial charge < -0.3 is 14.7 Å². The maximum atomic E-state index is 9.88. The Kier molecular flexibility index (Phi) is 3.49. The van der Waals surface area contributed by atoms with Gasteiger partial charge in [-0.2, -0.15) is 0 Å². The first-order chi connectivity index (χ1) is 9.70. The van der Waals surface area contributed by atoms with Gasteiger partial charge in [0.2, 0.25) is 0 Å². The molecule has 1 aliphatic heterocycles. The van der Waals surface area contributed by atoms with Gasteiger partial charge in [-0.25, -0.2) is 0 Å². The summed E-state index contributed by atoms with van der Waals surface area (Å²) >= 11 is 0. The van der Waals surface area contributed by atoms with Crippen LogP contribution in [0.2, 0.25) is 0 Å². The Morgan fingerprint density at radius 2 is 2.20 bits per heavy atom. The van der Waals surface area contributed by atoms with Crippen molar-refractivity contribution in [3.8, 4) is 5.75 Å². The number of aliphatic hydroxyl groups excluding tert-OH is 1. The second kappa shape index (κ2) is 5.29. The van der Waals surface area contributed by atoms with E-state index in [1.807, 2.05) is 24.4 Å². The molecule has 0 radical (unpaired) electrons. The molecule has 2 aromatic rings. The molecule has 4 heteroatoms. The summed E-state index contributed by atoms with van der Waals surface area (Å²) in [5.74, 6) is 1.09. The van der Waals surface area contributed by atoms with Crippen LogP contribution in [0.15, 0.2) is 30.5 Å². The number of hydrogen-bond acceptors (Lipinski definition) is 4. The summed E-state index contributed by atoms with van der Waals surface area (Å²) < 4.78 is 5.39. The average Bonchev–Trinajstić information content (AvgIpc) is 2.49. The standard InChI is InChI=1S/C16H20N2O2/c1-11-10-18(9-7-14(11)19)13-6-8-17-16-12(13)4-3-5-15(16)20-2/h3-6,8,11,14,19H,7,9-10H2,1-2H3. The number of para-hydroxylation sites is 1. The van der Waals surface area contributed by atoms with E-state index < -0.39 is 0 Å². The average molecular weight is 272 g/mol. The molecule has 3 rings (SSSR count). The highest BCUT2D eigenvalue weighted by atomic mass is 16.5. The molecule has 0 aliphatic carbocycles. The van der Waals surface area contributed by atoms with Crippen LogP contribution in [0.1, 0.15) is 13.3 Å². The van der Waals surface area contributed by atoms with E-state index >= 15 is 0 Å². The molecule has 0 saturated carbocycles. The van der Waals surface area contributed by atoms with Crippen LogP contribution < -0.4 is 9.64 Å². The Balaban J connectivity index is 2.04. The molecule has 106 valence electrons. The summed E-state index contributed by atoms with van der Waals surface area (Å²) in [5, 5.41) is 11.0. The van der Waals surface area contributed by atoms with Crippen molar-refractivity contribution in [2.75, 3.05) is 25.1 Å². The molecule has 2 atom stereocenters. The van der Waals surface area contributed by atoms with Crippen molar-refractivity contribution in [2.45, 2.75) is 19.4 Å². The fourth-order valence-electron chi connectivity index (χ4n) is 2.93. The number of benzene rings is 1. The zero-order chi connectivity index (χ0) is 14.1. The van der Waals surface area contributed by atoms with Gasteiger partial charge in [0.25, 0.3) is 0 Å². The predicted octanol–water partition coefficient (Wildman–Crippen LogP) is 2.45. The molecule has 1 aromatic heterocycles. The number of pyridine rings is 1. The number of anilines is 1. The topological polar surface area (TPSA) is 45.6 Å². The van der Waals surface area contributed by atoms with Crippen LogP contribution in [0, 0.1) is 5.92 Å². The van der Waals surface area contributed by atoms with Crippen LogP contribution in [-0.4, -0.2) is 36.4 Å². The maximum Gasteiger partial charge on any atom is 0.145 e. The Labute approximate surface area is 119 Å². The number of nitrogens with zero attached hydrogens (tertiary/aromatic N) is 2. The van der Waals surface area contributed by atoms with Crippen molar-refractivity contribution in [1.29, 1.82) is 0 Å². The monoisotopic (exact) mass is 272 g/mol. The molecule has 2 heterocycles. The van der Waals surface area contributed by atoms with Crippen LogP contribution in [-0.2, 0) is 0 Å². The summed E-state index contributed by atoms with van der Waals surface area (Å²) in [6, 6.07) is 8.05. The van der Waals surface area contributed by atoms with Gasteiger partial charge in [-0.05, 0) is 24.5 Å². The maximum absolute atomic E-state index is 9.88. The zero-order valence-electron chi connectivity index (χ0n) is 11.9. The number of ether oxygens (including phenoxy) is 1. The van der Waals surface area contributed by atoms with Gasteiger partial charge in [-0.3, -0.25) is 4.98 Å². The molecule has 2 unspecified atom stereocenters. The third-order valence-corrected chi connectivity index (χ3v) is 4.13. The lowest BCUT2D eigenvalue weighted by atomic mass is 9.96. The number of fused-ring (bicyclic) bond motifs is 1. The van der Waals surface area contributed by atoms with Crippen LogP contribution >= 0.6 is 0 Å². The van der Waals surface area contributed by atoms with Crippen LogP contribution in [0.4, 0.5) is 5.69 Å². The van der Waals surface area contributed by atoms with Gasteiger partial charge in [0.1, 0.15) is 11.3 Å². The van der Waals surface area contributed by atoms with Crippen molar-refractivity contribution < 1.29 is 9.84 Å². The summed E-state index contributed by atoms with van der Waals surface area (Å²) in [5.41, 5.74) is 2.07. The van der Waals surface area contributed by atoms with Crippen molar-refractivity contribution in [2.24, 2.45) is 5.92 Å². The Bertz CT molecular complexity index is 614. The van der Waals surface area contributed by atoms with Gasteiger partial charge >= 0.3 is 0 Å². The minimum Gasteiger partial charge on any atom is -0.494 e. The molecule has 0 bridgehead atoms. The molecule has 1 N–H and O–H groups in total. The van der Waals surface area contributed by atoms with E-state index in [9.17, 15) is 5.11 Å². The Hall–Kier alpha value is -1.81. The first-order valence-corrected chi connectivity index (χ1v) is 7.05. The smallest absolute Gasteiger partial charge is 0.145 e. The van der Waals surface area contributed by atoms with Crippen molar-refractivity contribution in [1.82, 2.24) is 4.98 Å². The molecule has 20 heavy (non-hydrogen) atoms. The zero-order valence-corrected chi connectivity index (χ0v) is 11.9. The number of rotatable bonds is 2. The number of piperidine rings is 1. The minimum atomic E-state index is -0.186. The summed E-state index contributed by atoms with van der Waals surface area (Å²) in [6.07, 6.45) is 2.46. The van der Waals surface area contributed by atoms with Crippen LogP contribution in [0.3, 0.4) is 0 Å². The highest BCUT2D eigenvalue weighted by molar-refractivity contribution is 5.95. The third-order valence-electron chi connectivity index (χ3n) is 4.13. The quantitative estimate of drug-likeness (QED) is 0.912. The molecule has 1 aliphatic rings. The normalized spacial score (nSPS) is 23.1. The fourth-order valence-corrected chi connectivity index (χ4v) is 2.93. The summed E-state index contributed by atoms with van der Waals surface area (Å²) in [4.78, 5) is 6.77. The van der Waals surface area contributed by atoms with E-state index in [-0.39, 0.29) is 12.0 Å². The van der Waals surface area contributed by atoms with E-state index in [2.05, 4.69) is 22.9 Å². The largest absolute Gasteiger partial charge is 0.494 e. The van der Waals surface area contributed by atoms with Gasteiger partial charge in [0.05, 0.1) is 13.2 Å². The first kappa shape index (κ1) is 13.2. The molecular formula is C16H20N2O2. The van der Waals surface area contributed by atoms with E-state index in [4.69, 9.17) is 4.74 Å². The lowest BCUT2D eigenvalue weighted by Crippen LogP contribution is -2.42.